The van der Waals surface area contributed by atoms with Gasteiger partial charge in [0.15, 0.2) is 0 Å². The van der Waals surface area contributed by atoms with Crippen molar-refractivity contribution in [1.82, 2.24) is 14.8 Å². The highest BCUT2D eigenvalue weighted by molar-refractivity contribution is 5.96. The number of benzene rings is 2. The van der Waals surface area contributed by atoms with E-state index in [1.165, 1.54) is 25.3 Å². The van der Waals surface area contributed by atoms with E-state index in [4.69, 9.17) is 4.74 Å². The van der Waals surface area contributed by atoms with E-state index in [2.05, 4.69) is 9.88 Å². The number of hydrogen-bond donors (Lipinski definition) is 1. The Labute approximate surface area is 235 Å². The molecule has 0 aliphatic carbocycles. The number of likely N-dealkylation sites (tertiary alicyclic amines) is 1. The van der Waals surface area contributed by atoms with E-state index in [1.807, 2.05) is 0 Å². The van der Waals surface area contributed by atoms with E-state index in [0.717, 1.165) is 17.9 Å². The number of halogens is 6. The lowest BCUT2D eigenvalue weighted by Gasteiger charge is -2.41. The highest BCUT2D eigenvalue weighted by Gasteiger charge is 2.44. The maximum Gasteiger partial charge on any atom is 0.401 e. The van der Waals surface area contributed by atoms with Gasteiger partial charge in [0.25, 0.3) is 0 Å². The van der Waals surface area contributed by atoms with Crippen LogP contribution in [0.15, 0.2) is 30.3 Å². The fourth-order valence-electron chi connectivity index (χ4n) is 6.49. The van der Waals surface area contributed by atoms with Gasteiger partial charge in [-0.3, -0.25) is 9.29 Å². The van der Waals surface area contributed by atoms with E-state index in [0.29, 0.717) is 48.0 Å². The van der Waals surface area contributed by atoms with Crippen LogP contribution in [0.5, 0.6) is 0 Å². The molecule has 2 aliphatic rings. The van der Waals surface area contributed by atoms with Crippen molar-refractivity contribution in [1.29, 1.82) is 0 Å². The molecule has 3 heterocycles. The van der Waals surface area contributed by atoms with Gasteiger partial charge in [0, 0.05) is 42.7 Å². The minimum absolute atomic E-state index is 0. The average molecular weight is 584 g/mol. The summed E-state index contributed by atoms with van der Waals surface area (Å²) in [7, 11) is 1.24. The van der Waals surface area contributed by atoms with Crippen molar-refractivity contribution in [2.75, 3.05) is 40.0 Å². The number of carbonyl (C=O) groups is 1. The summed E-state index contributed by atoms with van der Waals surface area (Å²) >= 11 is 0. The number of aromatic amines is 1. The van der Waals surface area contributed by atoms with Crippen LogP contribution in [0, 0.1) is 17.6 Å². The number of ether oxygens (including phenoxy) is 1. The SMILES string of the molecule is COC(=O)c1ccc2c3c([nH]c2c1)[C@H](c1c(F)cc(CC2CCN(CCCF)C2)cc1F)N(CC(F)(F)F)[C@H](C)C3.[HH]. The van der Waals surface area contributed by atoms with Crippen LogP contribution in [-0.4, -0.2) is 72.9 Å². The molecular formula is C30H35F6N3O2. The summed E-state index contributed by atoms with van der Waals surface area (Å²) in [6.45, 7) is 2.00. The number of methoxy groups -OCH3 is 1. The molecular weight excluding hydrogens is 548 g/mol. The van der Waals surface area contributed by atoms with Crippen LogP contribution in [0.4, 0.5) is 26.3 Å². The average Bonchev–Trinajstić information content (AvgIpc) is 3.51. The van der Waals surface area contributed by atoms with E-state index in [9.17, 15) is 22.4 Å². The number of nitrogens with one attached hydrogen (secondary N) is 1. The van der Waals surface area contributed by atoms with Gasteiger partial charge < -0.3 is 14.6 Å². The zero-order valence-electron chi connectivity index (χ0n) is 23.0. The number of carbonyl (C=O) groups excluding carboxylic acids is 1. The number of esters is 1. The van der Waals surface area contributed by atoms with E-state index >= 15 is 8.78 Å². The minimum atomic E-state index is -4.60. The molecule has 1 N–H and O–H groups in total. The molecule has 0 spiro atoms. The second-order valence-corrected chi connectivity index (χ2v) is 11.2. The molecule has 1 unspecified atom stereocenters. The number of rotatable bonds is 8. The molecule has 2 aromatic carbocycles. The maximum atomic E-state index is 15.8. The topological polar surface area (TPSA) is 48.6 Å². The Morgan fingerprint density at radius 3 is 2.56 bits per heavy atom. The van der Waals surface area contributed by atoms with Gasteiger partial charge in [-0.15, -0.1) is 0 Å². The number of nitrogens with zero attached hydrogens (tertiary/aromatic N) is 2. The molecule has 0 bridgehead atoms. The highest BCUT2D eigenvalue weighted by Crippen LogP contribution is 2.44. The first-order valence-corrected chi connectivity index (χ1v) is 13.8. The molecule has 1 saturated heterocycles. The number of alkyl halides is 4. The molecule has 224 valence electrons. The van der Waals surface area contributed by atoms with Crippen LogP contribution < -0.4 is 0 Å². The smallest absolute Gasteiger partial charge is 0.401 e. The number of hydrogen-bond acceptors (Lipinski definition) is 4. The number of H-pyrrole nitrogens is 1. The summed E-state index contributed by atoms with van der Waals surface area (Å²) in [6, 6.07) is 5.18. The zero-order chi connectivity index (χ0) is 29.5. The Morgan fingerprint density at radius 1 is 1.17 bits per heavy atom. The quantitative estimate of drug-likeness (QED) is 0.240. The molecule has 1 aromatic heterocycles. The molecule has 2 aliphatic heterocycles. The van der Waals surface area contributed by atoms with Gasteiger partial charge in [-0.1, -0.05) is 6.07 Å². The van der Waals surface area contributed by atoms with Gasteiger partial charge in [0.2, 0.25) is 0 Å². The van der Waals surface area contributed by atoms with Crippen LogP contribution in [-0.2, 0) is 17.6 Å². The van der Waals surface area contributed by atoms with Crippen molar-refractivity contribution < 1.29 is 37.3 Å². The molecule has 11 heteroatoms. The van der Waals surface area contributed by atoms with Crippen LogP contribution in [0.2, 0.25) is 0 Å². The Balaban J connectivity index is 0.00000405. The Morgan fingerprint density at radius 2 is 1.90 bits per heavy atom. The highest BCUT2D eigenvalue weighted by atomic mass is 19.4. The van der Waals surface area contributed by atoms with Crippen LogP contribution in [0.25, 0.3) is 10.9 Å². The summed E-state index contributed by atoms with van der Waals surface area (Å²) in [4.78, 5) is 18.4. The molecule has 3 atom stereocenters. The predicted molar refractivity (Wildman–Crippen MR) is 145 cm³/mol. The van der Waals surface area contributed by atoms with Crippen molar-refractivity contribution in [3.8, 4) is 0 Å². The minimum Gasteiger partial charge on any atom is -0.465 e. The fraction of sp³-hybridized carbons (Fsp3) is 0.500. The summed E-state index contributed by atoms with van der Waals surface area (Å²) in [5.41, 5.74) is 1.64. The molecule has 5 rings (SSSR count). The lowest BCUT2D eigenvalue weighted by molar-refractivity contribution is -0.155. The Kier molecular flexibility index (Phi) is 8.39. The van der Waals surface area contributed by atoms with E-state index < -0.39 is 54.6 Å². The third-order valence-electron chi connectivity index (χ3n) is 8.31. The lowest BCUT2D eigenvalue weighted by Crippen LogP contribution is -2.47. The van der Waals surface area contributed by atoms with Gasteiger partial charge in [0.05, 0.1) is 31.9 Å². The molecule has 0 radical (unpaired) electrons. The van der Waals surface area contributed by atoms with Crippen molar-refractivity contribution >= 4 is 16.9 Å². The van der Waals surface area contributed by atoms with Crippen LogP contribution in [0.3, 0.4) is 0 Å². The number of aromatic nitrogens is 1. The van der Waals surface area contributed by atoms with Crippen molar-refractivity contribution in [3.05, 3.63) is 69.9 Å². The van der Waals surface area contributed by atoms with Gasteiger partial charge in [0.1, 0.15) is 11.6 Å². The van der Waals surface area contributed by atoms with E-state index in [-0.39, 0.29) is 25.0 Å². The largest absolute Gasteiger partial charge is 0.465 e. The monoisotopic (exact) mass is 583 g/mol. The first-order chi connectivity index (χ1) is 19.5. The normalized spacial score (nSPS) is 21.9. The molecule has 41 heavy (non-hydrogen) atoms. The van der Waals surface area contributed by atoms with Gasteiger partial charge in [-0.25, -0.2) is 13.6 Å². The zero-order valence-corrected chi connectivity index (χ0v) is 23.0. The predicted octanol–water partition coefficient (Wildman–Crippen LogP) is 6.60. The van der Waals surface area contributed by atoms with Gasteiger partial charge in [-0.2, -0.15) is 13.2 Å². The van der Waals surface area contributed by atoms with E-state index in [1.54, 1.807) is 19.1 Å². The molecule has 1 fully saturated rings. The van der Waals surface area contributed by atoms with Crippen molar-refractivity contribution in [3.63, 3.8) is 0 Å². The van der Waals surface area contributed by atoms with Crippen molar-refractivity contribution in [2.45, 2.75) is 50.9 Å². The molecule has 5 nitrogen and oxygen atoms in total. The summed E-state index contributed by atoms with van der Waals surface area (Å²) in [6.07, 6.45) is -2.69. The van der Waals surface area contributed by atoms with Gasteiger partial charge in [-0.05, 0) is 80.5 Å². The van der Waals surface area contributed by atoms with Crippen LogP contribution in [0.1, 0.15) is 60.0 Å². The molecule has 3 aromatic rings. The second-order valence-electron chi connectivity index (χ2n) is 11.2. The lowest BCUT2D eigenvalue weighted by atomic mass is 9.87. The van der Waals surface area contributed by atoms with Crippen LogP contribution >= 0.6 is 0 Å². The Hall–Kier alpha value is -3.05. The Bertz CT molecular complexity index is 1410. The summed E-state index contributed by atoms with van der Waals surface area (Å²) in [5, 5.41) is 0.673. The maximum absolute atomic E-state index is 15.8. The fourth-order valence-corrected chi connectivity index (χ4v) is 6.49. The third-order valence-corrected chi connectivity index (χ3v) is 8.31. The first kappa shape index (κ1) is 29.4. The summed E-state index contributed by atoms with van der Waals surface area (Å²) in [5.74, 6) is -2.24. The van der Waals surface area contributed by atoms with Crippen molar-refractivity contribution in [2.24, 2.45) is 5.92 Å². The second kappa shape index (κ2) is 11.7. The molecule has 0 amide bonds. The third kappa shape index (κ3) is 6.11. The summed E-state index contributed by atoms with van der Waals surface area (Å²) < 4.78 is 90.2. The number of fused-ring (bicyclic) bond motifs is 3. The molecule has 0 saturated carbocycles. The van der Waals surface area contributed by atoms with Gasteiger partial charge >= 0.3 is 12.1 Å². The standard InChI is InChI=1S/C30H33F6N3O2.H2/c1-17-10-22-21-5-4-20(29(40)41-2)14-25(21)37-27(22)28(39(17)16-30(34,35)36)26-23(32)12-19(13-24(26)33)11-18-6-9-38(15-18)8-3-7-31;/h4-5,12-14,17-18,28,37H,3,6-11,15-16H2,1-2H3;1H/t17-,18?,28+;/m1./s1. The first-order valence-electron chi connectivity index (χ1n) is 13.8.